The van der Waals surface area contributed by atoms with E-state index in [0.717, 1.165) is 5.56 Å². The van der Waals surface area contributed by atoms with Gasteiger partial charge >= 0.3 is 5.97 Å². The van der Waals surface area contributed by atoms with Crippen LogP contribution in [0.2, 0.25) is 0 Å². The molecule has 1 aliphatic heterocycles. The van der Waals surface area contributed by atoms with Crippen LogP contribution >= 0.6 is 0 Å². The second-order valence-electron chi connectivity index (χ2n) is 5.41. The first-order valence-electron chi connectivity index (χ1n) is 7.38. The molecule has 0 aromatic heterocycles. The number of sulfonamides is 1. The highest BCUT2D eigenvalue weighted by Gasteiger charge is 2.30. The number of esters is 1. The Morgan fingerprint density at radius 2 is 1.88 bits per heavy atom. The van der Waals surface area contributed by atoms with Crippen LogP contribution in [-0.2, 0) is 14.8 Å². The summed E-state index contributed by atoms with van der Waals surface area (Å²) in [5, 5.41) is 0. The summed E-state index contributed by atoms with van der Waals surface area (Å²) >= 11 is 0. The SMILES string of the molecule is COC(=O)c1ccc2c(c1)OCCN2S(=O)(=O)c1ccc(C)cc1. The van der Waals surface area contributed by atoms with E-state index >= 15 is 0 Å². The van der Waals surface area contributed by atoms with E-state index in [1.165, 1.54) is 23.5 Å². The zero-order chi connectivity index (χ0) is 17.3. The minimum atomic E-state index is -3.69. The molecule has 0 saturated heterocycles. The molecular weight excluding hydrogens is 330 g/mol. The Bertz CT molecular complexity index is 874. The van der Waals surface area contributed by atoms with Crippen molar-refractivity contribution in [3.63, 3.8) is 0 Å². The van der Waals surface area contributed by atoms with Gasteiger partial charge in [0, 0.05) is 0 Å². The third-order valence-corrected chi connectivity index (χ3v) is 5.64. The molecule has 1 heterocycles. The van der Waals surface area contributed by atoms with Crippen LogP contribution in [0.15, 0.2) is 47.4 Å². The van der Waals surface area contributed by atoms with Crippen molar-refractivity contribution in [2.24, 2.45) is 0 Å². The van der Waals surface area contributed by atoms with Gasteiger partial charge in [-0.3, -0.25) is 4.31 Å². The van der Waals surface area contributed by atoms with E-state index < -0.39 is 16.0 Å². The van der Waals surface area contributed by atoms with E-state index in [1.54, 1.807) is 30.3 Å². The molecule has 7 heteroatoms. The molecule has 2 aromatic rings. The van der Waals surface area contributed by atoms with Crippen LogP contribution in [-0.4, -0.2) is 34.6 Å². The van der Waals surface area contributed by atoms with E-state index in [1.807, 2.05) is 6.92 Å². The summed E-state index contributed by atoms with van der Waals surface area (Å²) in [6, 6.07) is 11.3. The van der Waals surface area contributed by atoms with Crippen molar-refractivity contribution in [3.05, 3.63) is 53.6 Å². The number of carbonyl (C=O) groups is 1. The van der Waals surface area contributed by atoms with Crippen molar-refractivity contribution < 1.29 is 22.7 Å². The highest BCUT2D eigenvalue weighted by Crippen LogP contribution is 2.36. The van der Waals surface area contributed by atoms with Crippen LogP contribution in [0, 0.1) is 6.92 Å². The highest BCUT2D eigenvalue weighted by molar-refractivity contribution is 7.92. The number of fused-ring (bicyclic) bond motifs is 1. The van der Waals surface area contributed by atoms with Crippen molar-refractivity contribution in [3.8, 4) is 5.75 Å². The normalized spacial score (nSPS) is 13.8. The molecule has 0 radical (unpaired) electrons. The monoisotopic (exact) mass is 347 g/mol. The average Bonchev–Trinajstić information content (AvgIpc) is 2.60. The second kappa shape index (κ2) is 6.16. The Labute approximate surface area is 140 Å². The van der Waals surface area contributed by atoms with Crippen LogP contribution in [0.1, 0.15) is 15.9 Å². The predicted molar refractivity (Wildman–Crippen MR) is 89.0 cm³/mol. The van der Waals surface area contributed by atoms with Gasteiger partial charge in [-0.25, -0.2) is 13.2 Å². The molecule has 126 valence electrons. The van der Waals surface area contributed by atoms with Gasteiger partial charge in [0.1, 0.15) is 12.4 Å². The standard InChI is InChI=1S/C17H17NO5S/c1-12-3-6-14(7-4-12)24(20,21)18-9-10-23-16-11-13(17(19)22-2)5-8-15(16)18/h3-8,11H,9-10H2,1-2H3. The van der Waals surface area contributed by atoms with E-state index in [-0.39, 0.29) is 18.0 Å². The van der Waals surface area contributed by atoms with Crippen molar-refractivity contribution >= 4 is 21.7 Å². The lowest BCUT2D eigenvalue weighted by molar-refractivity contribution is 0.0600. The van der Waals surface area contributed by atoms with Gasteiger partial charge in [-0.2, -0.15) is 0 Å². The average molecular weight is 347 g/mol. The smallest absolute Gasteiger partial charge is 0.337 e. The van der Waals surface area contributed by atoms with Crippen molar-refractivity contribution in [1.82, 2.24) is 0 Å². The van der Waals surface area contributed by atoms with E-state index in [4.69, 9.17) is 4.74 Å². The first-order valence-corrected chi connectivity index (χ1v) is 8.82. The van der Waals surface area contributed by atoms with Crippen LogP contribution in [0.5, 0.6) is 5.75 Å². The summed E-state index contributed by atoms with van der Waals surface area (Å²) < 4.78 is 37.3. The molecule has 0 bridgehead atoms. The van der Waals surface area contributed by atoms with Gasteiger partial charge in [-0.1, -0.05) is 17.7 Å². The van der Waals surface area contributed by atoms with Crippen molar-refractivity contribution in [2.45, 2.75) is 11.8 Å². The van der Waals surface area contributed by atoms with Gasteiger partial charge in [0.25, 0.3) is 10.0 Å². The number of hydrogen-bond donors (Lipinski definition) is 0. The molecular formula is C17H17NO5S. The second-order valence-corrected chi connectivity index (χ2v) is 7.28. The number of nitrogens with zero attached hydrogens (tertiary/aromatic N) is 1. The van der Waals surface area contributed by atoms with E-state index in [9.17, 15) is 13.2 Å². The van der Waals surface area contributed by atoms with Crippen molar-refractivity contribution in [1.29, 1.82) is 0 Å². The third kappa shape index (κ3) is 2.82. The van der Waals surface area contributed by atoms with Gasteiger partial charge in [0.2, 0.25) is 0 Å². The predicted octanol–water partition coefficient (Wildman–Crippen LogP) is 2.37. The summed E-state index contributed by atoms with van der Waals surface area (Å²) in [6.45, 7) is 2.32. The molecule has 0 unspecified atom stereocenters. The molecule has 0 atom stereocenters. The topological polar surface area (TPSA) is 72.9 Å². The maximum absolute atomic E-state index is 12.9. The van der Waals surface area contributed by atoms with Crippen LogP contribution in [0.4, 0.5) is 5.69 Å². The summed E-state index contributed by atoms with van der Waals surface area (Å²) in [4.78, 5) is 11.8. The Morgan fingerprint density at radius 1 is 1.17 bits per heavy atom. The Morgan fingerprint density at radius 3 is 2.54 bits per heavy atom. The number of aryl methyl sites for hydroxylation is 1. The number of rotatable bonds is 3. The molecule has 0 fully saturated rings. The molecule has 3 rings (SSSR count). The number of ether oxygens (including phenoxy) is 2. The number of carbonyl (C=O) groups excluding carboxylic acids is 1. The van der Waals surface area contributed by atoms with E-state index in [0.29, 0.717) is 17.0 Å². The first-order chi connectivity index (χ1) is 11.4. The lowest BCUT2D eigenvalue weighted by Crippen LogP contribution is -2.38. The largest absolute Gasteiger partial charge is 0.489 e. The molecule has 6 nitrogen and oxygen atoms in total. The fourth-order valence-electron chi connectivity index (χ4n) is 2.53. The zero-order valence-corrected chi connectivity index (χ0v) is 14.2. The van der Waals surface area contributed by atoms with Crippen LogP contribution in [0.3, 0.4) is 0 Å². The molecule has 0 amide bonds. The molecule has 0 spiro atoms. The van der Waals surface area contributed by atoms with Gasteiger partial charge in [-0.05, 0) is 37.3 Å². The first kappa shape index (κ1) is 16.3. The van der Waals surface area contributed by atoms with Crippen molar-refractivity contribution in [2.75, 3.05) is 24.6 Å². The van der Waals surface area contributed by atoms with Crippen LogP contribution < -0.4 is 9.04 Å². The van der Waals surface area contributed by atoms with Gasteiger partial charge in [-0.15, -0.1) is 0 Å². The Hall–Kier alpha value is -2.54. The summed E-state index contributed by atoms with van der Waals surface area (Å²) in [5.74, 6) is -0.153. The fourth-order valence-corrected chi connectivity index (χ4v) is 3.99. The third-order valence-electron chi connectivity index (χ3n) is 3.81. The molecule has 0 saturated carbocycles. The summed E-state index contributed by atoms with van der Waals surface area (Å²) in [7, 11) is -2.41. The summed E-state index contributed by atoms with van der Waals surface area (Å²) in [5.41, 5.74) is 1.71. The minimum absolute atomic E-state index is 0.209. The highest BCUT2D eigenvalue weighted by atomic mass is 32.2. The lowest BCUT2D eigenvalue weighted by atomic mass is 10.2. The molecule has 2 aromatic carbocycles. The molecule has 1 aliphatic rings. The van der Waals surface area contributed by atoms with Crippen LogP contribution in [0.25, 0.3) is 0 Å². The van der Waals surface area contributed by atoms with Gasteiger partial charge < -0.3 is 9.47 Å². The summed E-state index contributed by atoms with van der Waals surface area (Å²) in [6.07, 6.45) is 0. The number of anilines is 1. The Balaban J connectivity index is 2.03. The molecule has 0 N–H and O–H groups in total. The fraction of sp³-hybridized carbons (Fsp3) is 0.235. The number of methoxy groups -OCH3 is 1. The Kier molecular flexibility index (Phi) is 4.19. The maximum Gasteiger partial charge on any atom is 0.337 e. The van der Waals surface area contributed by atoms with Gasteiger partial charge in [0.15, 0.2) is 0 Å². The number of hydrogen-bond acceptors (Lipinski definition) is 5. The quantitative estimate of drug-likeness (QED) is 0.797. The van der Waals surface area contributed by atoms with E-state index in [2.05, 4.69) is 4.74 Å². The maximum atomic E-state index is 12.9. The lowest BCUT2D eigenvalue weighted by Gasteiger charge is -2.30. The molecule has 24 heavy (non-hydrogen) atoms. The molecule has 0 aliphatic carbocycles. The zero-order valence-electron chi connectivity index (χ0n) is 13.4. The van der Waals surface area contributed by atoms with Gasteiger partial charge in [0.05, 0.1) is 29.8 Å². The minimum Gasteiger partial charge on any atom is -0.489 e. The number of benzene rings is 2.